The molecule has 0 aliphatic carbocycles. The van der Waals surface area contributed by atoms with Crippen LogP contribution in [0, 0.1) is 11.6 Å². The van der Waals surface area contributed by atoms with Gasteiger partial charge in [0, 0.05) is 6.07 Å². The Morgan fingerprint density at radius 2 is 1.77 bits per heavy atom. The quantitative estimate of drug-likeness (QED) is 0.584. The summed E-state index contributed by atoms with van der Waals surface area (Å²) < 4.78 is 52.2. The number of ether oxygens (including phenoxy) is 1. The van der Waals surface area contributed by atoms with Gasteiger partial charge >= 0.3 is 6.61 Å². The van der Waals surface area contributed by atoms with Gasteiger partial charge in [0.25, 0.3) is 0 Å². The van der Waals surface area contributed by atoms with Crippen molar-refractivity contribution >= 4 is 15.9 Å². The standard InChI is InChI=1S/C7H3BrF4O/c8-3-1-5(10)6(2-4(3)9)13-7(11)12/h1-2,7H. The molecule has 1 aromatic carbocycles. The SMILES string of the molecule is Fc1cc(OC(F)F)c(F)cc1Br. The van der Waals surface area contributed by atoms with Crippen LogP contribution in [0.15, 0.2) is 16.6 Å². The highest BCUT2D eigenvalue weighted by Crippen LogP contribution is 2.26. The second-order valence-electron chi connectivity index (χ2n) is 2.08. The first kappa shape index (κ1) is 10.3. The number of halogens is 5. The Morgan fingerprint density at radius 1 is 1.15 bits per heavy atom. The van der Waals surface area contributed by atoms with E-state index in [-0.39, 0.29) is 4.47 Å². The Kier molecular flexibility index (Phi) is 3.13. The van der Waals surface area contributed by atoms with Crippen molar-refractivity contribution in [3.05, 3.63) is 28.2 Å². The summed E-state index contributed by atoms with van der Waals surface area (Å²) in [6.07, 6.45) is 0. The lowest BCUT2D eigenvalue weighted by Gasteiger charge is -2.05. The molecule has 0 radical (unpaired) electrons. The van der Waals surface area contributed by atoms with Crippen LogP contribution in [-0.2, 0) is 0 Å². The van der Waals surface area contributed by atoms with Gasteiger partial charge in [0.05, 0.1) is 4.47 Å². The molecule has 13 heavy (non-hydrogen) atoms. The van der Waals surface area contributed by atoms with Crippen LogP contribution in [0.3, 0.4) is 0 Å². The highest BCUT2D eigenvalue weighted by atomic mass is 79.9. The monoisotopic (exact) mass is 258 g/mol. The van der Waals surface area contributed by atoms with E-state index in [0.717, 1.165) is 0 Å². The maximum absolute atomic E-state index is 12.7. The molecule has 0 spiro atoms. The van der Waals surface area contributed by atoms with Gasteiger partial charge in [-0.25, -0.2) is 8.78 Å². The average molecular weight is 259 g/mol. The van der Waals surface area contributed by atoms with Crippen molar-refractivity contribution in [3.63, 3.8) is 0 Å². The minimum absolute atomic E-state index is 0.147. The summed E-state index contributed by atoms with van der Waals surface area (Å²) in [6.45, 7) is -3.17. The first-order valence-electron chi connectivity index (χ1n) is 3.10. The van der Waals surface area contributed by atoms with Crippen LogP contribution in [0.1, 0.15) is 0 Å². The van der Waals surface area contributed by atoms with Gasteiger partial charge in [0.2, 0.25) is 0 Å². The molecule has 0 aliphatic heterocycles. The molecule has 6 heteroatoms. The highest BCUT2D eigenvalue weighted by molar-refractivity contribution is 9.10. The maximum Gasteiger partial charge on any atom is 0.387 e. The Balaban J connectivity index is 3.01. The van der Waals surface area contributed by atoms with Crippen molar-refractivity contribution in [1.29, 1.82) is 0 Å². The molecular weight excluding hydrogens is 256 g/mol. The van der Waals surface area contributed by atoms with Crippen LogP contribution < -0.4 is 4.74 Å². The van der Waals surface area contributed by atoms with Gasteiger partial charge < -0.3 is 4.74 Å². The topological polar surface area (TPSA) is 9.23 Å². The molecule has 0 heterocycles. The highest BCUT2D eigenvalue weighted by Gasteiger charge is 2.12. The van der Waals surface area contributed by atoms with Crippen LogP contribution in [0.5, 0.6) is 5.75 Å². The first-order chi connectivity index (χ1) is 6.00. The molecule has 0 bridgehead atoms. The fourth-order valence-corrected chi connectivity index (χ4v) is 1.01. The third-order valence-corrected chi connectivity index (χ3v) is 1.80. The molecule has 0 N–H and O–H groups in total. The largest absolute Gasteiger partial charge is 0.432 e. The van der Waals surface area contributed by atoms with Crippen LogP contribution in [0.2, 0.25) is 0 Å². The summed E-state index contributed by atoms with van der Waals surface area (Å²) in [5.74, 6) is -2.72. The van der Waals surface area contributed by atoms with Crippen LogP contribution in [-0.4, -0.2) is 6.61 Å². The van der Waals surface area contributed by atoms with Crippen LogP contribution >= 0.6 is 15.9 Å². The lowest BCUT2D eigenvalue weighted by Crippen LogP contribution is -2.04. The smallest absolute Gasteiger partial charge is 0.387 e. The van der Waals surface area contributed by atoms with Crippen molar-refractivity contribution in [2.45, 2.75) is 6.61 Å². The summed E-state index contributed by atoms with van der Waals surface area (Å²) in [6, 6.07) is 1.26. The summed E-state index contributed by atoms with van der Waals surface area (Å²) in [5.41, 5.74) is 0. The minimum Gasteiger partial charge on any atom is -0.432 e. The van der Waals surface area contributed by atoms with Gasteiger partial charge in [-0.15, -0.1) is 0 Å². The molecule has 0 atom stereocenters. The number of alkyl halides is 2. The Labute approximate surface area is 79.4 Å². The van der Waals surface area contributed by atoms with Gasteiger partial charge in [0.15, 0.2) is 11.6 Å². The van der Waals surface area contributed by atoms with Crippen LogP contribution in [0.25, 0.3) is 0 Å². The number of rotatable bonds is 2. The zero-order chi connectivity index (χ0) is 10.0. The van der Waals surface area contributed by atoms with E-state index in [1.165, 1.54) is 0 Å². The third kappa shape index (κ3) is 2.58. The predicted molar refractivity (Wildman–Crippen MR) is 40.7 cm³/mol. The number of benzene rings is 1. The molecule has 0 amide bonds. The Hall–Kier alpha value is -0.780. The molecule has 0 aromatic heterocycles. The van der Waals surface area contributed by atoms with Crippen molar-refractivity contribution in [2.75, 3.05) is 0 Å². The summed E-state index contributed by atoms with van der Waals surface area (Å²) in [7, 11) is 0. The van der Waals surface area contributed by atoms with E-state index in [0.29, 0.717) is 12.1 Å². The van der Waals surface area contributed by atoms with Crippen molar-refractivity contribution in [2.24, 2.45) is 0 Å². The number of hydrogen-bond donors (Lipinski definition) is 0. The van der Waals surface area contributed by atoms with Gasteiger partial charge in [-0.05, 0) is 22.0 Å². The van der Waals surface area contributed by atoms with E-state index in [9.17, 15) is 17.6 Å². The zero-order valence-electron chi connectivity index (χ0n) is 6.03. The molecule has 0 saturated carbocycles. The molecule has 72 valence electrons. The third-order valence-electron chi connectivity index (χ3n) is 1.19. The second-order valence-corrected chi connectivity index (χ2v) is 2.93. The maximum atomic E-state index is 12.7. The Morgan fingerprint density at radius 3 is 2.31 bits per heavy atom. The van der Waals surface area contributed by atoms with Crippen molar-refractivity contribution in [1.82, 2.24) is 0 Å². The van der Waals surface area contributed by atoms with E-state index in [1.807, 2.05) is 0 Å². The van der Waals surface area contributed by atoms with E-state index in [2.05, 4.69) is 20.7 Å². The first-order valence-corrected chi connectivity index (χ1v) is 3.89. The van der Waals surface area contributed by atoms with Gasteiger partial charge in [-0.3, -0.25) is 0 Å². The van der Waals surface area contributed by atoms with E-state index >= 15 is 0 Å². The molecule has 1 rings (SSSR count). The Bertz CT molecular complexity index is 316. The minimum atomic E-state index is -3.17. The summed E-state index contributed by atoms with van der Waals surface area (Å²) >= 11 is 2.69. The normalized spacial score (nSPS) is 10.6. The van der Waals surface area contributed by atoms with Crippen LogP contribution in [0.4, 0.5) is 17.6 Å². The molecule has 0 fully saturated rings. The molecule has 0 unspecified atom stereocenters. The fraction of sp³-hybridized carbons (Fsp3) is 0.143. The zero-order valence-corrected chi connectivity index (χ0v) is 7.62. The van der Waals surface area contributed by atoms with Gasteiger partial charge in [0.1, 0.15) is 5.82 Å². The van der Waals surface area contributed by atoms with Gasteiger partial charge in [-0.1, -0.05) is 0 Å². The average Bonchev–Trinajstić information content (AvgIpc) is 1.99. The summed E-state index contributed by atoms with van der Waals surface area (Å²) in [5, 5.41) is 0. The van der Waals surface area contributed by atoms with E-state index in [4.69, 9.17) is 0 Å². The molecular formula is C7H3BrF4O. The summed E-state index contributed by atoms with van der Waals surface area (Å²) in [4.78, 5) is 0. The van der Waals surface area contributed by atoms with E-state index in [1.54, 1.807) is 0 Å². The predicted octanol–water partition coefficient (Wildman–Crippen LogP) is 3.33. The fourth-order valence-electron chi connectivity index (χ4n) is 0.691. The van der Waals surface area contributed by atoms with Gasteiger partial charge in [-0.2, -0.15) is 8.78 Å². The van der Waals surface area contributed by atoms with E-state index < -0.39 is 24.0 Å². The molecule has 1 nitrogen and oxygen atoms in total. The second kappa shape index (κ2) is 3.95. The van der Waals surface area contributed by atoms with Crippen molar-refractivity contribution in [3.8, 4) is 5.75 Å². The lowest BCUT2D eigenvalue weighted by molar-refractivity contribution is -0.0523. The lowest BCUT2D eigenvalue weighted by atomic mass is 10.3. The molecule has 1 aromatic rings. The van der Waals surface area contributed by atoms with Crippen molar-refractivity contribution < 1.29 is 22.3 Å². The molecule has 0 saturated heterocycles. The molecule has 0 aliphatic rings. The number of hydrogen-bond acceptors (Lipinski definition) is 1.